The predicted octanol–water partition coefficient (Wildman–Crippen LogP) is 1.94. The second kappa shape index (κ2) is 6.57. The maximum absolute atomic E-state index is 8.59. The third-order valence-electron chi connectivity index (χ3n) is 4.50. The molecule has 0 amide bonds. The monoisotopic (exact) mass is 324 g/mol. The molecule has 3 aromatic heterocycles. The van der Waals surface area contributed by atoms with Gasteiger partial charge in [-0.3, -0.25) is 10.4 Å². The van der Waals surface area contributed by atoms with Gasteiger partial charge in [0.2, 0.25) is 0 Å². The lowest BCUT2D eigenvalue weighted by atomic mass is 10.2. The van der Waals surface area contributed by atoms with E-state index in [1.807, 2.05) is 30.9 Å². The summed E-state index contributed by atoms with van der Waals surface area (Å²) in [4.78, 5) is 11.0. The Morgan fingerprint density at radius 1 is 1.25 bits per heavy atom. The van der Waals surface area contributed by atoms with Gasteiger partial charge in [0.15, 0.2) is 0 Å². The number of fused-ring (bicyclic) bond motifs is 1. The number of nitrogens with one attached hydrogen (secondary N) is 1. The van der Waals surface area contributed by atoms with Crippen molar-refractivity contribution in [2.45, 2.75) is 26.9 Å². The summed E-state index contributed by atoms with van der Waals surface area (Å²) in [7, 11) is 4.08. The molecule has 0 bridgehead atoms. The summed E-state index contributed by atoms with van der Waals surface area (Å²) in [6, 6.07) is 4.01. The molecule has 0 unspecified atom stereocenters. The molecule has 3 aromatic rings. The normalized spacial score (nSPS) is 11.5. The van der Waals surface area contributed by atoms with Gasteiger partial charge in [0.25, 0.3) is 0 Å². The minimum Gasteiger partial charge on any atom is -0.325 e. The van der Waals surface area contributed by atoms with Crippen molar-refractivity contribution in [3.8, 4) is 0 Å². The van der Waals surface area contributed by atoms with Gasteiger partial charge < -0.3 is 14.0 Å². The molecule has 126 valence electrons. The van der Waals surface area contributed by atoms with Crippen LogP contribution in [0.5, 0.6) is 0 Å². The molecule has 0 radical (unpaired) electrons. The Labute approximate surface area is 141 Å². The molecular formula is C18H24N6. The number of hydrogen-bond donors (Lipinski definition) is 1. The number of nitrogens with zero attached hydrogens (tertiary/aromatic N) is 5. The molecule has 0 aromatic carbocycles. The number of pyridine rings is 1. The van der Waals surface area contributed by atoms with Gasteiger partial charge in [0.05, 0.1) is 18.3 Å². The highest BCUT2D eigenvalue weighted by Crippen LogP contribution is 2.21. The maximum Gasteiger partial charge on any atom is 0.146 e. The summed E-state index contributed by atoms with van der Waals surface area (Å²) in [5, 5.41) is 9.54. The van der Waals surface area contributed by atoms with Crippen LogP contribution in [0.4, 0.5) is 0 Å². The Bertz CT molecular complexity index is 905. The molecule has 24 heavy (non-hydrogen) atoms. The predicted molar refractivity (Wildman–Crippen MR) is 94.9 cm³/mol. The highest BCUT2D eigenvalue weighted by atomic mass is 15.1. The van der Waals surface area contributed by atoms with Crippen molar-refractivity contribution in [3.05, 3.63) is 53.2 Å². The van der Waals surface area contributed by atoms with Crippen LogP contribution in [0.15, 0.2) is 30.9 Å². The van der Waals surface area contributed by atoms with Crippen LogP contribution in [0.25, 0.3) is 11.0 Å². The van der Waals surface area contributed by atoms with Crippen molar-refractivity contribution >= 4 is 11.0 Å². The summed E-state index contributed by atoms with van der Waals surface area (Å²) in [5.74, 6) is 0. The minimum atomic E-state index is 0.535. The molecule has 0 aliphatic rings. The van der Waals surface area contributed by atoms with E-state index in [0.717, 1.165) is 47.5 Å². The second-order valence-electron chi connectivity index (χ2n) is 6.45. The fraction of sp³-hybridized carbons (Fsp3) is 0.389. The molecule has 0 saturated heterocycles. The van der Waals surface area contributed by atoms with E-state index < -0.39 is 0 Å². The molecule has 0 spiro atoms. The number of aryl methyl sites for hydroxylation is 1. The standard InChI is InChI=1S/C18H24N6/c1-13-14(2)24(11-15-6-5-7-20-10-15)18-16(13)17(19)23(12-21-18)9-8-22(3)4/h5-7,10,12,19H,8-9,11H2,1-4H3. The molecule has 0 atom stereocenters. The van der Waals surface area contributed by atoms with Gasteiger partial charge in [0, 0.05) is 31.2 Å². The van der Waals surface area contributed by atoms with E-state index in [1.54, 1.807) is 12.5 Å². The number of hydrogen-bond acceptors (Lipinski definition) is 4. The van der Waals surface area contributed by atoms with Crippen LogP contribution < -0.4 is 5.49 Å². The fourth-order valence-electron chi connectivity index (χ4n) is 2.93. The van der Waals surface area contributed by atoms with Crippen LogP contribution in [-0.2, 0) is 13.1 Å². The lowest BCUT2D eigenvalue weighted by molar-refractivity contribution is 0.379. The van der Waals surface area contributed by atoms with Crippen molar-refractivity contribution in [3.63, 3.8) is 0 Å². The van der Waals surface area contributed by atoms with Gasteiger partial charge in [-0.2, -0.15) is 0 Å². The first-order valence-corrected chi connectivity index (χ1v) is 8.12. The smallest absolute Gasteiger partial charge is 0.146 e. The Morgan fingerprint density at radius 3 is 2.71 bits per heavy atom. The van der Waals surface area contributed by atoms with Crippen LogP contribution in [0.3, 0.4) is 0 Å². The number of aromatic nitrogens is 4. The van der Waals surface area contributed by atoms with E-state index in [9.17, 15) is 0 Å². The van der Waals surface area contributed by atoms with Gasteiger partial charge in [-0.1, -0.05) is 6.07 Å². The van der Waals surface area contributed by atoms with Gasteiger partial charge in [-0.15, -0.1) is 0 Å². The van der Waals surface area contributed by atoms with Crippen LogP contribution in [0, 0.1) is 19.3 Å². The molecule has 0 aliphatic heterocycles. The minimum absolute atomic E-state index is 0.535. The van der Waals surface area contributed by atoms with E-state index in [1.165, 1.54) is 0 Å². The van der Waals surface area contributed by atoms with Crippen molar-refractivity contribution in [2.75, 3.05) is 20.6 Å². The lowest BCUT2D eigenvalue weighted by Crippen LogP contribution is -2.27. The van der Waals surface area contributed by atoms with Crippen molar-refractivity contribution < 1.29 is 0 Å². The van der Waals surface area contributed by atoms with Gasteiger partial charge in [-0.05, 0) is 45.1 Å². The average Bonchev–Trinajstić information content (AvgIpc) is 2.80. The first kappa shape index (κ1) is 16.4. The highest BCUT2D eigenvalue weighted by Gasteiger charge is 2.15. The van der Waals surface area contributed by atoms with Gasteiger partial charge in [-0.25, -0.2) is 4.98 Å². The van der Waals surface area contributed by atoms with Gasteiger partial charge in [0.1, 0.15) is 11.1 Å². The zero-order chi connectivity index (χ0) is 17.3. The third-order valence-corrected chi connectivity index (χ3v) is 4.50. The zero-order valence-electron chi connectivity index (χ0n) is 14.7. The number of likely N-dealkylation sites (N-methyl/N-ethyl adjacent to an activating group) is 1. The fourth-order valence-corrected chi connectivity index (χ4v) is 2.93. The summed E-state index contributed by atoms with van der Waals surface area (Å²) < 4.78 is 4.10. The van der Waals surface area contributed by atoms with Crippen LogP contribution in [0.1, 0.15) is 16.8 Å². The molecule has 3 heterocycles. The van der Waals surface area contributed by atoms with Crippen molar-refractivity contribution in [2.24, 2.45) is 0 Å². The van der Waals surface area contributed by atoms with Crippen LogP contribution in [0.2, 0.25) is 0 Å². The van der Waals surface area contributed by atoms with Crippen LogP contribution in [-0.4, -0.2) is 44.6 Å². The highest BCUT2D eigenvalue weighted by molar-refractivity contribution is 5.80. The zero-order valence-corrected chi connectivity index (χ0v) is 14.7. The lowest BCUT2D eigenvalue weighted by Gasteiger charge is -2.12. The Hall–Kier alpha value is -2.47. The van der Waals surface area contributed by atoms with Crippen molar-refractivity contribution in [1.82, 2.24) is 24.0 Å². The average molecular weight is 324 g/mol. The topological polar surface area (TPSA) is 62.7 Å². The van der Waals surface area contributed by atoms with E-state index in [2.05, 4.69) is 39.3 Å². The molecule has 0 aliphatic carbocycles. The van der Waals surface area contributed by atoms with Gasteiger partial charge >= 0.3 is 0 Å². The molecule has 0 saturated carbocycles. The SMILES string of the molecule is Cc1c(C)n(Cc2cccnc2)c2ncn(CCN(C)C)c(=N)c12. The molecule has 6 heteroatoms. The first-order chi connectivity index (χ1) is 11.5. The first-order valence-electron chi connectivity index (χ1n) is 8.12. The van der Waals surface area contributed by atoms with E-state index in [-0.39, 0.29) is 0 Å². The molecule has 0 fully saturated rings. The van der Waals surface area contributed by atoms with E-state index in [4.69, 9.17) is 5.41 Å². The Balaban J connectivity index is 2.07. The van der Waals surface area contributed by atoms with Crippen LogP contribution >= 0.6 is 0 Å². The van der Waals surface area contributed by atoms with E-state index in [0.29, 0.717) is 5.49 Å². The maximum atomic E-state index is 8.59. The Kier molecular flexibility index (Phi) is 4.49. The largest absolute Gasteiger partial charge is 0.325 e. The Morgan fingerprint density at radius 2 is 2.04 bits per heavy atom. The molecule has 6 nitrogen and oxygen atoms in total. The number of rotatable bonds is 5. The summed E-state index contributed by atoms with van der Waals surface area (Å²) in [6.07, 6.45) is 5.44. The third kappa shape index (κ3) is 2.97. The van der Waals surface area contributed by atoms with Crippen molar-refractivity contribution in [1.29, 1.82) is 5.41 Å². The summed E-state index contributed by atoms with van der Waals surface area (Å²) in [5.41, 5.74) is 4.83. The molecule has 1 N–H and O–H groups in total. The molecule has 3 rings (SSSR count). The summed E-state index contributed by atoms with van der Waals surface area (Å²) in [6.45, 7) is 6.54. The van der Waals surface area contributed by atoms with E-state index >= 15 is 0 Å². The summed E-state index contributed by atoms with van der Waals surface area (Å²) >= 11 is 0. The second-order valence-corrected chi connectivity index (χ2v) is 6.45. The molecular weight excluding hydrogens is 300 g/mol. The quantitative estimate of drug-likeness (QED) is 0.780.